The first kappa shape index (κ1) is 16.5. The van der Waals surface area contributed by atoms with Crippen LogP contribution in [0, 0.1) is 0 Å². The molecule has 0 aromatic heterocycles. The first-order valence-corrected chi connectivity index (χ1v) is 8.96. The lowest BCUT2D eigenvalue weighted by Crippen LogP contribution is -2.09. The third kappa shape index (κ3) is 5.72. The van der Waals surface area contributed by atoms with Crippen LogP contribution < -0.4 is 0 Å². The molecule has 1 unspecified atom stereocenters. The zero-order valence-corrected chi connectivity index (χ0v) is 12.6. The van der Waals surface area contributed by atoms with Crippen molar-refractivity contribution in [3.8, 4) is 0 Å². The number of unbranched alkanes of at least 4 members (excludes halogenated alkanes) is 2. The predicted octanol–water partition coefficient (Wildman–Crippen LogP) is 4.52. The Balaban J connectivity index is 4.39. The summed E-state index contributed by atoms with van der Waals surface area (Å²) in [5, 5.41) is 0. The van der Waals surface area contributed by atoms with Crippen LogP contribution in [0.4, 0.5) is 0 Å². The van der Waals surface area contributed by atoms with Gasteiger partial charge in [-0.25, -0.2) is 0 Å². The first-order valence-electron chi connectivity index (χ1n) is 6.06. The van der Waals surface area contributed by atoms with Crippen molar-refractivity contribution >= 4 is 19.4 Å². The third-order valence-corrected chi connectivity index (χ3v) is 6.68. The van der Waals surface area contributed by atoms with Gasteiger partial charge in [0.25, 0.3) is 0 Å². The molecule has 0 N–H and O–H groups in total. The molecular formula is C11H25O3PS. The van der Waals surface area contributed by atoms with E-state index in [1.54, 1.807) is 11.8 Å². The zero-order valence-electron chi connectivity index (χ0n) is 10.9. The van der Waals surface area contributed by atoms with Crippen molar-refractivity contribution in [1.29, 1.82) is 0 Å². The summed E-state index contributed by atoms with van der Waals surface area (Å²) in [4.78, 5) is -0.0149. The van der Waals surface area contributed by atoms with Gasteiger partial charge in [-0.15, -0.1) is 11.8 Å². The van der Waals surface area contributed by atoms with E-state index in [1.165, 1.54) is 12.8 Å². The van der Waals surface area contributed by atoms with Crippen molar-refractivity contribution in [2.24, 2.45) is 0 Å². The second-order valence-electron chi connectivity index (χ2n) is 3.56. The smallest absolute Gasteiger partial charge is 0.308 e. The fourth-order valence-corrected chi connectivity index (χ4v) is 4.96. The Morgan fingerprint density at radius 1 is 1.12 bits per heavy atom. The van der Waals surface area contributed by atoms with Gasteiger partial charge in [-0.05, 0) is 26.5 Å². The normalized spacial score (nSPS) is 14.0. The van der Waals surface area contributed by atoms with Crippen LogP contribution in [0.1, 0.15) is 46.5 Å². The largest absolute Gasteiger partial charge is 0.343 e. The van der Waals surface area contributed by atoms with Gasteiger partial charge >= 0.3 is 7.60 Å². The molecule has 0 aliphatic carbocycles. The lowest BCUT2D eigenvalue weighted by molar-refractivity contribution is 0.217. The maximum Gasteiger partial charge on any atom is 0.343 e. The van der Waals surface area contributed by atoms with E-state index in [4.69, 9.17) is 9.05 Å². The second kappa shape index (κ2) is 9.52. The molecule has 0 fully saturated rings. The Hall–Kier alpha value is 0.500. The van der Waals surface area contributed by atoms with E-state index in [0.29, 0.717) is 13.2 Å². The van der Waals surface area contributed by atoms with Crippen molar-refractivity contribution in [2.45, 2.75) is 51.4 Å². The van der Waals surface area contributed by atoms with Crippen LogP contribution in [-0.2, 0) is 13.6 Å². The minimum atomic E-state index is -2.91. The molecule has 0 rings (SSSR count). The zero-order chi connectivity index (χ0) is 12.4. The number of thioether (sulfide) groups is 1. The number of hydrogen-bond donors (Lipinski definition) is 0. The van der Waals surface area contributed by atoms with Gasteiger partial charge in [-0.3, -0.25) is 4.57 Å². The average molecular weight is 268 g/mol. The molecule has 0 saturated carbocycles. The summed E-state index contributed by atoms with van der Waals surface area (Å²) in [6.45, 7) is 6.77. The number of rotatable bonds is 10. The Kier molecular flexibility index (Phi) is 9.82. The molecule has 0 spiro atoms. The van der Waals surface area contributed by atoms with Gasteiger partial charge in [0.15, 0.2) is 0 Å². The maximum atomic E-state index is 12.5. The molecule has 0 aromatic rings. The molecule has 98 valence electrons. The molecule has 5 heteroatoms. The molecule has 0 radical (unpaired) electrons. The van der Waals surface area contributed by atoms with Gasteiger partial charge in [0, 0.05) is 0 Å². The van der Waals surface area contributed by atoms with E-state index in [-0.39, 0.29) is 4.99 Å². The fraction of sp³-hybridized carbons (Fsp3) is 1.00. The average Bonchev–Trinajstić information content (AvgIpc) is 2.25. The fourth-order valence-electron chi connectivity index (χ4n) is 1.54. The van der Waals surface area contributed by atoms with Crippen LogP contribution in [-0.4, -0.2) is 24.5 Å². The third-order valence-electron chi connectivity index (χ3n) is 2.30. The van der Waals surface area contributed by atoms with E-state index >= 15 is 0 Å². The van der Waals surface area contributed by atoms with Crippen LogP contribution in [0.25, 0.3) is 0 Å². The SMILES string of the molecule is CCCCCC(SC)P(=O)(OCC)OCC. The monoisotopic (exact) mass is 268 g/mol. The van der Waals surface area contributed by atoms with Crippen molar-refractivity contribution in [3.05, 3.63) is 0 Å². The van der Waals surface area contributed by atoms with Crippen LogP contribution >= 0.6 is 19.4 Å². The van der Waals surface area contributed by atoms with Gasteiger partial charge in [-0.2, -0.15) is 0 Å². The summed E-state index contributed by atoms with van der Waals surface area (Å²) in [5.41, 5.74) is 0. The van der Waals surface area contributed by atoms with Crippen LogP contribution in [0.2, 0.25) is 0 Å². The highest BCUT2D eigenvalue weighted by molar-refractivity contribution is 8.04. The van der Waals surface area contributed by atoms with Gasteiger partial charge in [0.05, 0.1) is 13.2 Å². The molecule has 0 saturated heterocycles. The summed E-state index contributed by atoms with van der Waals surface area (Å²) in [7, 11) is -2.91. The molecule has 16 heavy (non-hydrogen) atoms. The molecule has 0 heterocycles. The van der Waals surface area contributed by atoms with Crippen molar-refractivity contribution < 1.29 is 13.6 Å². The number of hydrogen-bond acceptors (Lipinski definition) is 4. The predicted molar refractivity (Wildman–Crippen MR) is 72.3 cm³/mol. The minimum Gasteiger partial charge on any atom is -0.308 e. The van der Waals surface area contributed by atoms with Crippen molar-refractivity contribution in [2.75, 3.05) is 19.5 Å². The minimum absolute atomic E-state index is 0.0149. The standard InChI is InChI=1S/C11H25O3PS/c1-5-8-9-10-11(16-4)15(12,13-6-2)14-7-3/h11H,5-10H2,1-4H3. The molecule has 0 aliphatic heterocycles. The molecule has 1 atom stereocenters. The Labute approximate surface area is 104 Å². The molecule has 0 aromatic carbocycles. The van der Waals surface area contributed by atoms with E-state index in [2.05, 4.69) is 6.92 Å². The van der Waals surface area contributed by atoms with E-state index in [0.717, 1.165) is 12.8 Å². The van der Waals surface area contributed by atoms with Crippen LogP contribution in [0.15, 0.2) is 0 Å². The van der Waals surface area contributed by atoms with Gasteiger partial charge in [-0.1, -0.05) is 26.2 Å². The summed E-state index contributed by atoms with van der Waals surface area (Å²) < 4.78 is 23.2. The molecular weight excluding hydrogens is 243 g/mol. The highest BCUT2D eigenvalue weighted by atomic mass is 32.2. The maximum absolute atomic E-state index is 12.5. The first-order chi connectivity index (χ1) is 7.64. The molecule has 0 amide bonds. The second-order valence-corrected chi connectivity index (χ2v) is 7.17. The van der Waals surface area contributed by atoms with Crippen LogP contribution in [0.3, 0.4) is 0 Å². The Morgan fingerprint density at radius 2 is 1.69 bits per heavy atom. The highest BCUT2D eigenvalue weighted by Crippen LogP contribution is 2.58. The summed E-state index contributed by atoms with van der Waals surface area (Å²) in [5.74, 6) is 0. The van der Waals surface area contributed by atoms with Gasteiger partial charge < -0.3 is 9.05 Å². The van der Waals surface area contributed by atoms with E-state index in [1.807, 2.05) is 20.1 Å². The molecule has 0 bridgehead atoms. The quantitative estimate of drug-likeness (QED) is 0.431. The van der Waals surface area contributed by atoms with Crippen LogP contribution in [0.5, 0.6) is 0 Å². The highest BCUT2D eigenvalue weighted by Gasteiger charge is 2.34. The van der Waals surface area contributed by atoms with E-state index in [9.17, 15) is 4.57 Å². The van der Waals surface area contributed by atoms with Gasteiger partial charge in [0.2, 0.25) is 0 Å². The topological polar surface area (TPSA) is 35.5 Å². The lowest BCUT2D eigenvalue weighted by Gasteiger charge is -2.24. The van der Waals surface area contributed by atoms with Gasteiger partial charge in [0.1, 0.15) is 4.99 Å². The molecule has 0 aliphatic rings. The Morgan fingerprint density at radius 3 is 2.06 bits per heavy atom. The summed E-state index contributed by atoms with van der Waals surface area (Å²) in [6, 6.07) is 0. The van der Waals surface area contributed by atoms with Crippen molar-refractivity contribution in [1.82, 2.24) is 0 Å². The van der Waals surface area contributed by atoms with Crippen molar-refractivity contribution in [3.63, 3.8) is 0 Å². The summed E-state index contributed by atoms with van der Waals surface area (Å²) in [6.07, 6.45) is 6.32. The molecule has 3 nitrogen and oxygen atoms in total. The lowest BCUT2D eigenvalue weighted by atomic mass is 10.2. The van der Waals surface area contributed by atoms with E-state index < -0.39 is 7.60 Å². The summed E-state index contributed by atoms with van der Waals surface area (Å²) >= 11 is 1.59. The Bertz CT molecular complexity index is 201.